The van der Waals surface area contributed by atoms with Gasteiger partial charge in [-0.3, -0.25) is 4.90 Å². The number of rotatable bonds is 4. The summed E-state index contributed by atoms with van der Waals surface area (Å²) in [5, 5.41) is 0. The lowest BCUT2D eigenvalue weighted by Crippen LogP contribution is -2.47. The Kier molecular flexibility index (Phi) is 5.07. The van der Waals surface area contributed by atoms with Crippen LogP contribution in [0.2, 0.25) is 4.34 Å². The molecular formula is C14H23ClN2S. The summed E-state index contributed by atoms with van der Waals surface area (Å²) in [5.41, 5.74) is 6.37. The lowest BCUT2D eigenvalue weighted by molar-refractivity contribution is 0.0900. The highest BCUT2D eigenvalue weighted by Crippen LogP contribution is 2.36. The van der Waals surface area contributed by atoms with E-state index in [1.807, 2.05) is 6.07 Å². The van der Waals surface area contributed by atoms with Crippen LogP contribution in [0.25, 0.3) is 0 Å². The number of likely N-dealkylation sites (tertiary alicyclic amines) is 1. The smallest absolute Gasteiger partial charge is 0.0931 e. The van der Waals surface area contributed by atoms with Crippen LogP contribution in [0.15, 0.2) is 12.1 Å². The van der Waals surface area contributed by atoms with Gasteiger partial charge in [0, 0.05) is 17.0 Å². The van der Waals surface area contributed by atoms with Crippen molar-refractivity contribution in [2.45, 2.75) is 57.7 Å². The highest BCUT2D eigenvalue weighted by Gasteiger charge is 2.31. The molecule has 0 aliphatic carbocycles. The van der Waals surface area contributed by atoms with E-state index >= 15 is 0 Å². The third-order valence-electron chi connectivity index (χ3n) is 3.97. The van der Waals surface area contributed by atoms with Crippen LogP contribution in [-0.2, 0) is 0 Å². The predicted molar refractivity (Wildman–Crippen MR) is 80.4 cm³/mol. The van der Waals surface area contributed by atoms with Crippen LogP contribution in [0, 0.1) is 0 Å². The SMILES string of the molecule is CCC(N)C(c1ccc(Cl)s1)N1CCCCC1C. The first-order valence-corrected chi connectivity index (χ1v) is 8.09. The first-order chi connectivity index (χ1) is 8.63. The zero-order chi connectivity index (χ0) is 13.1. The van der Waals surface area contributed by atoms with Crippen molar-refractivity contribution in [1.82, 2.24) is 4.90 Å². The van der Waals surface area contributed by atoms with Crippen LogP contribution in [-0.4, -0.2) is 23.5 Å². The van der Waals surface area contributed by atoms with Gasteiger partial charge in [-0.15, -0.1) is 11.3 Å². The standard InChI is InChI=1S/C14H23ClN2S/c1-3-11(16)14(12-7-8-13(15)18-12)17-9-5-4-6-10(17)2/h7-8,10-11,14H,3-6,9,16H2,1-2H3. The van der Waals surface area contributed by atoms with Gasteiger partial charge in [0.15, 0.2) is 0 Å². The fraction of sp³-hybridized carbons (Fsp3) is 0.714. The number of piperidine rings is 1. The molecule has 0 amide bonds. The number of thiophene rings is 1. The monoisotopic (exact) mass is 286 g/mol. The first kappa shape index (κ1) is 14.3. The summed E-state index contributed by atoms with van der Waals surface area (Å²) in [7, 11) is 0. The van der Waals surface area contributed by atoms with E-state index in [-0.39, 0.29) is 6.04 Å². The van der Waals surface area contributed by atoms with E-state index in [0.717, 1.165) is 17.3 Å². The van der Waals surface area contributed by atoms with Gasteiger partial charge in [-0.05, 0) is 44.9 Å². The Bertz CT molecular complexity index is 380. The van der Waals surface area contributed by atoms with Crippen LogP contribution in [0.3, 0.4) is 0 Å². The van der Waals surface area contributed by atoms with E-state index in [1.165, 1.54) is 24.1 Å². The summed E-state index contributed by atoms with van der Waals surface area (Å²) in [6.45, 7) is 5.65. The number of hydrogen-bond acceptors (Lipinski definition) is 3. The van der Waals surface area contributed by atoms with Crippen molar-refractivity contribution in [3.63, 3.8) is 0 Å². The Morgan fingerprint density at radius 3 is 2.83 bits per heavy atom. The Balaban J connectivity index is 2.24. The van der Waals surface area contributed by atoms with Crippen molar-refractivity contribution in [3.05, 3.63) is 21.3 Å². The fourth-order valence-electron chi connectivity index (χ4n) is 2.86. The molecule has 0 radical (unpaired) electrons. The van der Waals surface area contributed by atoms with Crippen molar-refractivity contribution < 1.29 is 0 Å². The van der Waals surface area contributed by atoms with Crippen molar-refractivity contribution >= 4 is 22.9 Å². The molecule has 0 bridgehead atoms. The van der Waals surface area contributed by atoms with Gasteiger partial charge < -0.3 is 5.73 Å². The highest BCUT2D eigenvalue weighted by molar-refractivity contribution is 7.16. The number of nitrogens with zero attached hydrogens (tertiary/aromatic N) is 1. The quantitative estimate of drug-likeness (QED) is 0.905. The van der Waals surface area contributed by atoms with Crippen LogP contribution in [0.5, 0.6) is 0 Å². The van der Waals surface area contributed by atoms with Crippen LogP contribution in [0.1, 0.15) is 50.4 Å². The average Bonchev–Trinajstić information content (AvgIpc) is 2.78. The molecule has 102 valence electrons. The molecule has 18 heavy (non-hydrogen) atoms. The van der Waals surface area contributed by atoms with E-state index < -0.39 is 0 Å². The van der Waals surface area contributed by atoms with Gasteiger partial charge in [0.05, 0.1) is 10.4 Å². The lowest BCUT2D eigenvalue weighted by Gasteiger charge is -2.41. The molecule has 0 aromatic carbocycles. The predicted octanol–water partition coefficient (Wildman–Crippen LogP) is 4.05. The molecule has 2 rings (SSSR count). The largest absolute Gasteiger partial charge is 0.326 e. The zero-order valence-corrected chi connectivity index (χ0v) is 12.8. The summed E-state index contributed by atoms with van der Waals surface area (Å²) < 4.78 is 0.864. The van der Waals surface area contributed by atoms with E-state index in [1.54, 1.807) is 11.3 Å². The summed E-state index contributed by atoms with van der Waals surface area (Å²) in [5.74, 6) is 0. The lowest BCUT2D eigenvalue weighted by atomic mass is 9.96. The maximum atomic E-state index is 6.37. The Morgan fingerprint density at radius 1 is 1.50 bits per heavy atom. The van der Waals surface area contributed by atoms with E-state index in [2.05, 4.69) is 24.8 Å². The summed E-state index contributed by atoms with van der Waals surface area (Å²) >= 11 is 7.77. The Hall–Kier alpha value is -0.0900. The third kappa shape index (κ3) is 3.08. The maximum Gasteiger partial charge on any atom is 0.0931 e. The van der Waals surface area contributed by atoms with Gasteiger partial charge in [0.1, 0.15) is 0 Å². The molecule has 3 atom stereocenters. The molecule has 2 N–H and O–H groups in total. The molecule has 2 heterocycles. The van der Waals surface area contributed by atoms with Gasteiger partial charge in [0.25, 0.3) is 0 Å². The molecule has 0 saturated carbocycles. The second-order valence-electron chi connectivity index (χ2n) is 5.24. The Labute approximate surface area is 119 Å². The Morgan fingerprint density at radius 2 is 2.28 bits per heavy atom. The molecule has 1 aromatic heterocycles. The van der Waals surface area contributed by atoms with Crippen LogP contribution >= 0.6 is 22.9 Å². The van der Waals surface area contributed by atoms with Crippen molar-refractivity contribution in [3.8, 4) is 0 Å². The van der Waals surface area contributed by atoms with E-state index in [0.29, 0.717) is 12.1 Å². The fourth-order valence-corrected chi connectivity index (χ4v) is 4.12. The number of nitrogens with two attached hydrogens (primary N) is 1. The molecule has 4 heteroatoms. The molecule has 2 nitrogen and oxygen atoms in total. The minimum Gasteiger partial charge on any atom is -0.326 e. The molecule has 1 saturated heterocycles. The van der Waals surface area contributed by atoms with Crippen molar-refractivity contribution in [1.29, 1.82) is 0 Å². The highest BCUT2D eigenvalue weighted by atomic mass is 35.5. The van der Waals surface area contributed by atoms with E-state index in [4.69, 9.17) is 17.3 Å². The molecular weight excluding hydrogens is 264 g/mol. The summed E-state index contributed by atoms with van der Waals surface area (Å²) in [6.07, 6.45) is 4.92. The average molecular weight is 287 g/mol. The van der Waals surface area contributed by atoms with Crippen molar-refractivity contribution in [2.24, 2.45) is 5.73 Å². The number of hydrogen-bond donors (Lipinski definition) is 1. The second kappa shape index (κ2) is 6.38. The topological polar surface area (TPSA) is 29.3 Å². The van der Waals surface area contributed by atoms with E-state index in [9.17, 15) is 0 Å². The molecule has 1 aliphatic heterocycles. The van der Waals surface area contributed by atoms with Gasteiger partial charge in [0.2, 0.25) is 0 Å². The maximum absolute atomic E-state index is 6.37. The summed E-state index contributed by atoms with van der Waals surface area (Å²) in [6, 6.07) is 5.30. The second-order valence-corrected chi connectivity index (χ2v) is 6.99. The molecule has 1 aliphatic rings. The molecule has 0 spiro atoms. The summed E-state index contributed by atoms with van der Waals surface area (Å²) in [4.78, 5) is 3.91. The molecule has 1 fully saturated rings. The van der Waals surface area contributed by atoms with Crippen molar-refractivity contribution in [2.75, 3.05) is 6.54 Å². The minimum atomic E-state index is 0.195. The first-order valence-electron chi connectivity index (χ1n) is 6.90. The van der Waals surface area contributed by atoms with Gasteiger partial charge in [-0.2, -0.15) is 0 Å². The van der Waals surface area contributed by atoms with Gasteiger partial charge >= 0.3 is 0 Å². The van der Waals surface area contributed by atoms with Gasteiger partial charge in [-0.25, -0.2) is 0 Å². The van der Waals surface area contributed by atoms with Crippen LogP contribution in [0.4, 0.5) is 0 Å². The van der Waals surface area contributed by atoms with Gasteiger partial charge in [-0.1, -0.05) is 24.9 Å². The molecule has 3 unspecified atom stereocenters. The normalized spacial score (nSPS) is 25.0. The van der Waals surface area contributed by atoms with Crippen LogP contribution < -0.4 is 5.73 Å². The number of halogens is 1. The molecule has 1 aromatic rings. The third-order valence-corrected chi connectivity index (χ3v) is 5.28. The zero-order valence-electron chi connectivity index (χ0n) is 11.2. The minimum absolute atomic E-state index is 0.195.